The summed E-state index contributed by atoms with van der Waals surface area (Å²) in [7, 11) is 0. The molecule has 2 heteroatoms. The van der Waals surface area contributed by atoms with Gasteiger partial charge in [0, 0.05) is 0 Å². The van der Waals surface area contributed by atoms with Crippen LogP contribution in [0.15, 0.2) is 60.7 Å². The SMILES string of the molecule is c1ccc([C@@]23CC[C@]2(c2ccccc2)OO3)cc1. The highest BCUT2D eigenvalue weighted by atomic mass is 17.3. The Hall–Kier alpha value is -1.64. The van der Waals surface area contributed by atoms with Gasteiger partial charge in [-0.2, -0.15) is 0 Å². The Morgan fingerprint density at radius 2 is 1.00 bits per heavy atom. The maximum absolute atomic E-state index is 5.56. The van der Waals surface area contributed by atoms with E-state index in [4.69, 9.17) is 9.78 Å². The lowest BCUT2D eigenvalue weighted by atomic mass is 9.58. The van der Waals surface area contributed by atoms with Crippen LogP contribution in [0.25, 0.3) is 0 Å². The first-order valence-electron chi connectivity index (χ1n) is 6.35. The Morgan fingerprint density at radius 1 is 0.611 bits per heavy atom. The van der Waals surface area contributed by atoms with Crippen LogP contribution in [-0.2, 0) is 21.0 Å². The number of hydrogen-bond acceptors (Lipinski definition) is 2. The van der Waals surface area contributed by atoms with Crippen LogP contribution in [0.2, 0.25) is 0 Å². The smallest absolute Gasteiger partial charge is 0.165 e. The second-order valence-corrected chi connectivity index (χ2v) is 5.05. The molecule has 0 spiro atoms. The predicted octanol–water partition coefficient (Wildman–Crippen LogP) is 3.53. The maximum atomic E-state index is 5.56. The third-order valence-electron chi connectivity index (χ3n) is 4.29. The maximum Gasteiger partial charge on any atom is 0.165 e. The summed E-state index contributed by atoms with van der Waals surface area (Å²) < 4.78 is 0. The molecule has 0 radical (unpaired) electrons. The molecule has 1 heterocycles. The Balaban J connectivity index is 1.81. The van der Waals surface area contributed by atoms with Crippen molar-refractivity contribution in [3.05, 3.63) is 71.8 Å². The third-order valence-corrected chi connectivity index (χ3v) is 4.29. The Bertz CT molecular complexity index is 501. The monoisotopic (exact) mass is 238 g/mol. The summed E-state index contributed by atoms with van der Waals surface area (Å²) in [6.45, 7) is 0. The molecule has 0 N–H and O–H groups in total. The molecule has 1 aliphatic carbocycles. The van der Waals surface area contributed by atoms with Crippen molar-refractivity contribution in [1.29, 1.82) is 0 Å². The third kappa shape index (κ3) is 1.05. The van der Waals surface area contributed by atoms with Gasteiger partial charge in [0.25, 0.3) is 0 Å². The molecule has 2 aromatic carbocycles. The lowest BCUT2D eigenvalue weighted by molar-refractivity contribution is -0.606. The molecule has 2 nitrogen and oxygen atoms in total. The van der Waals surface area contributed by atoms with Crippen molar-refractivity contribution in [2.24, 2.45) is 0 Å². The van der Waals surface area contributed by atoms with E-state index >= 15 is 0 Å². The van der Waals surface area contributed by atoms with Gasteiger partial charge < -0.3 is 0 Å². The van der Waals surface area contributed by atoms with Gasteiger partial charge in [0.1, 0.15) is 0 Å². The van der Waals surface area contributed by atoms with Gasteiger partial charge in [0.15, 0.2) is 11.2 Å². The highest BCUT2D eigenvalue weighted by Crippen LogP contribution is 2.67. The first-order chi connectivity index (χ1) is 8.87. The van der Waals surface area contributed by atoms with Crippen LogP contribution < -0.4 is 0 Å². The van der Waals surface area contributed by atoms with Crippen LogP contribution in [-0.4, -0.2) is 0 Å². The number of hydrogen-bond donors (Lipinski definition) is 0. The van der Waals surface area contributed by atoms with Crippen molar-refractivity contribution in [2.75, 3.05) is 0 Å². The fourth-order valence-electron chi connectivity index (χ4n) is 3.17. The minimum absolute atomic E-state index is 0.268. The molecule has 0 aromatic heterocycles. The standard InChI is InChI=1S/C16H14O2/c1-3-7-13(8-4-1)15-11-12-16(15,18-17-15)14-9-5-2-6-10-14/h1-10H,11-12H2/t15-,16+. The molecule has 2 fully saturated rings. The summed E-state index contributed by atoms with van der Waals surface area (Å²) >= 11 is 0. The Kier molecular flexibility index (Phi) is 1.97. The average Bonchev–Trinajstić information content (AvgIpc) is 2.44. The fourth-order valence-corrected chi connectivity index (χ4v) is 3.17. The summed E-state index contributed by atoms with van der Waals surface area (Å²) in [6, 6.07) is 20.8. The first-order valence-corrected chi connectivity index (χ1v) is 6.35. The number of fused-ring (bicyclic) bond motifs is 1. The van der Waals surface area contributed by atoms with E-state index in [1.165, 1.54) is 11.1 Å². The van der Waals surface area contributed by atoms with E-state index in [-0.39, 0.29) is 11.2 Å². The average molecular weight is 238 g/mol. The second-order valence-electron chi connectivity index (χ2n) is 5.05. The van der Waals surface area contributed by atoms with E-state index < -0.39 is 0 Å². The first kappa shape index (κ1) is 10.3. The molecule has 18 heavy (non-hydrogen) atoms. The van der Waals surface area contributed by atoms with Gasteiger partial charge in [0.05, 0.1) is 0 Å². The van der Waals surface area contributed by atoms with Crippen LogP contribution >= 0.6 is 0 Å². The molecular weight excluding hydrogens is 224 g/mol. The van der Waals surface area contributed by atoms with Gasteiger partial charge in [-0.1, -0.05) is 60.7 Å². The lowest BCUT2D eigenvalue weighted by Crippen LogP contribution is -2.69. The highest BCUT2D eigenvalue weighted by Gasteiger charge is 2.72. The van der Waals surface area contributed by atoms with Crippen molar-refractivity contribution in [2.45, 2.75) is 24.0 Å². The van der Waals surface area contributed by atoms with Crippen LogP contribution in [0.1, 0.15) is 24.0 Å². The highest BCUT2D eigenvalue weighted by molar-refractivity contribution is 5.40. The zero-order valence-corrected chi connectivity index (χ0v) is 10.0. The summed E-state index contributed by atoms with van der Waals surface area (Å²) in [5.41, 5.74) is 1.89. The zero-order valence-electron chi connectivity index (χ0n) is 10.0. The molecule has 2 aliphatic rings. The molecule has 4 rings (SSSR count). The fraction of sp³-hybridized carbons (Fsp3) is 0.250. The van der Waals surface area contributed by atoms with Gasteiger partial charge >= 0.3 is 0 Å². The van der Waals surface area contributed by atoms with Gasteiger partial charge in [-0.15, -0.1) is 0 Å². The van der Waals surface area contributed by atoms with Crippen molar-refractivity contribution in [3.8, 4) is 0 Å². The summed E-state index contributed by atoms with van der Waals surface area (Å²) in [5.74, 6) is 0. The van der Waals surface area contributed by atoms with Crippen molar-refractivity contribution < 1.29 is 9.78 Å². The topological polar surface area (TPSA) is 18.5 Å². The predicted molar refractivity (Wildman–Crippen MR) is 67.6 cm³/mol. The molecule has 0 bridgehead atoms. The Morgan fingerprint density at radius 3 is 1.28 bits per heavy atom. The number of benzene rings is 2. The molecular formula is C16H14O2. The van der Waals surface area contributed by atoms with Crippen LogP contribution in [0.3, 0.4) is 0 Å². The van der Waals surface area contributed by atoms with Gasteiger partial charge in [0.2, 0.25) is 0 Å². The van der Waals surface area contributed by atoms with Crippen molar-refractivity contribution >= 4 is 0 Å². The van der Waals surface area contributed by atoms with E-state index in [1.54, 1.807) is 0 Å². The quantitative estimate of drug-likeness (QED) is 0.745. The van der Waals surface area contributed by atoms with Gasteiger partial charge in [-0.25, -0.2) is 9.78 Å². The minimum atomic E-state index is -0.268. The van der Waals surface area contributed by atoms with Crippen LogP contribution in [0, 0.1) is 0 Å². The molecule has 0 unspecified atom stereocenters. The van der Waals surface area contributed by atoms with Gasteiger partial charge in [-0.05, 0) is 24.0 Å². The van der Waals surface area contributed by atoms with Gasteiger partial charge in [-0.3, -0.25) is 0 Å². The van der Waals surface area contributed by atoms with Crippen molar-refractivity contribution in [1.82, 2.24) is 0 Å². The summed E-state index contributed by atoms with van der Waals surface area (Å²) in [5, 5.41) is 0. The minimum Gasteiger partial charge on any atom is -0.221 e. The van der Waals surface area contributed by atoms with E-state index in [0.29, 0.717) is 0 Å². The van der Waals surface area contributed by atoms with E-state index in [0.717, 1.165) is 12.8 Å². The molecule has 90 valence electrons. The molecule has 0 amide bonds. The largest absolute Gasteiger partial charge is 0.221 e. The molecule has 2 atom stereocenters. The second kappa shape index (κ2) is 3.44. The van der Waals surface area contributed by atoms with Crippen LogP contribution in [0.5, 0.6) is 0 Å². The van der Waals surface area contributed by atoms with Crippen LogP contribution in [0.4, 0.5) is 0 Å². The zero-order chi connectivity index (χ0) is 12.1. The van der Waals surface area contributed by atoms with E-state index in [2.05, 4.69) is 48.5 Å². The summed E-state index contributed by atoms with van der Waals surface area (Å²) in [6.07, 6.45) is 2.04. The number of rotatable bonds is 2. The molecule has 1 saturated heterocycles. The molecule has 1 saturated carbocycles. The Labute approximate surface area is 106 Å². The molecule has 1 aliphatic heterocycles. The van der Waals surface area contributed by atoms with Crippen molar-refractivity contribution in [3.63, 3.8) is 0 Å². The normalized spacial score (nSPS) is 33.1. The summed E-state index contributed by atoms with van der Waals surface area (Å²) in [4.78, 5) is 11.1. The van der Waals surface area contributed by atoms with E-state index in [9.17, 15) is 0 Å². The lowest BCUT2D eigenvalue weighted by Gasteiger charge is -2.64. The van der Waals surface area contributed by atoms with E-state index in [1.807, 2.05) is 12.1 Å². The molecule has 2 aromatic rings.